The molecular formula is C14H19NO2S. The molecule has 18 heavy (non-hydrogen) atoms. The number of likely N-dealkylation sites (tertiary alicyclic amines) is 1. The number of thiophene rings is 1. The van der Waals surface area contributed by atoms with Crippen molar-refractivity contribution in [2.24, 2.45) is 11.3 Å². The Balaban J connectivity index is 1.73. The number of fused-ring (bicyclic) bond motifs is 1. The van der Waals surface area contributed by atoms with Crippen LogP contribution in [0.1, 0.15) is 29.7 Å². The molecule has 0 aromatic carbocycles. The Morgan fingerprint density at radius 2 is 2.50 bits per heavy atom. The Hall–Kier alpha value is -0.870. The third-order valence-electron chi connectivity index (χ3n) is 4.56. The minimum Gasteiger partial charge on any atom is -0.481 e. The van der Waals surface area contributed by atoms with Crippen molar-refractivity contribution >= 4 is 17.3 Å². The lowest BCUT2D eigenvalue weighted by Gasteiger charge is -2.23. The van der Waals surface area contributed by atoms with Crippen LogP contribution in [0.4, 0.5) is 0 Å². The third-order valence-corrected chi connectivity index (χ3v) is 5.47. The number of carbonyl (C=O) groups is 1. The molecule has 0 spiro atoms. The lowest BCUT2D eigenvalue weighted by atomic mass is 9.81. The Morgan fingerprint density at radius 1 is 1.67 bits per heavy atom. The van der Waals surface area contributed by atoms with E-state index in [0.29, 0.717) is 5.92 Å². The molecule has 0 radical (unpaired) electrons. The van der Waals surface area contributed by atoms with E-state index in [0.717, 1.165) is 38.9 Å². The van der Waals surface area contributed by atoms with Gasteiger partial charge in [0.2, 0.25) is 0 Å². The summed E-state index contributed by atoms with van der Waals surface area (Å²) < 4.78 is 0. The number of hydrogen-bond acceptors (Lipinski definition) is 3. The van der Waals surface area contributed by atoms with Gasteiger partial charge in [-0.1, -0.05) is 6.42 Å². The van der Waals surface area contributed by atoms with Crippen LogP contribution < -0.4 is 0 Å². The monoisotopic (exact) mass is 265 g/mol. The summed E-state index contributed by atoms with van der Waals surface area (Å²) >= 11 is 1.77. The van der Waals surface area contributed by atoms with E-state index in [1.165, 1.54) is 10.4 Å². The van der Waals surface area contributed by atoms with Crippen LogP contribution in [0, 0.1) is 18.3 Å². The average molecular weight is 265 g/mol. The summed E-state index contributed by atoms with van der Waals surface area (Å²) in [6.45, 7) is 4.73. The predicted molar refractivity (Wildman–Crippen MR) is 71.7 cm³/mol. The number of hydrogen-bond donors (Lipinski definition) is 1. The first-order valence-electron chi connectivity index (χ1n) is 6.60. The molecule has 98 valence electrons. The van der Waals surface area contributed by atoms with Crippen molar-refractivity contribution in [1.29, 1.82) is 0 Å². The smallest absolute Gasteiger partial charge is 0.311 e. The van der Waals surface area contributed by atoms with Crippen LogP contribution >= 0.6 is 11.3 Å². The Kier molecular flexibility index (Phi) is 2.94. The standard InChI is InChI=1S/C14H19NO2S/c1-10-5-11(8-18-10)6-15-7-12-3-2-4-14(12,9-15)13(16)17/h5,8,12H,2-4,6-7,9H2,1H3,(H,16,17)/t12-,14+/m0/s1. The molecule has 0 unspecified atom stereocenters. The molecule has 1 aliphatic carbocycles. The highest BCUT2D eigenvalue weighted by Gasteiger charge is 2.54. The molecular weight excluding hydrogens is 246 g/mol. The molecule has 2 heterocycles. The van der Waals surface area contributed by atoms with E-state index in [-0.39, 0.29) is 0 Å². The van der Waals surface area contributed by atoms with Gasteiger partial charge >= 0.3 is 5.97 Å². The normalized spacial score (nSPS) is 31.7. The van der Waals surface area contributed by atoms with Crippen LogP contribution in [-0.2, 0) is 11.3 Å². The maximum absolute atomic E-state index is 11.6. The van der Waals surface area contributed by atoms with Gasteiger partial charge in [0.05, 0.1) is 5.41 Å². The number of aliphatic carboxylic acids is 1. The fourth-order valence-corrected chi connectivity index (χ4v) is 4.40. The van der Waals surface area contributed by atoms with Gasteiger partial charge in [0.1, 0.15) is 0 Å². The Morgan fingerprint density at radius 3 is 3.11 bits per heavy atom. The summed E-state index contributed by atoms with van der Waals surface area (Å²) in [7, 11) is 0. The Labute approximate surface area is 111 Å². The van der Waals surface area contributed by atoms with Crippen molar-refractivity contribution in [3.63, 3.8) is 0 Å². The molecule has 1 aliphatic heterocycles. The molecule has 1 aromatic heterocycles. The maximum Gasteiger partial charge on any atom is 0.311 e. The second-order valence-corrected chi connectivity index (χ2v) is 6.90. The molecule has 3 nitrogen and oxygen atoms in total. The van der Waals surface area contributed by atoms with Crippen molar-refractivity contribution in [3.8, 4) is 0 Å². The second-order valence-electron chi connectivity index (χ2n) is 5.79. The van der Waals surface area contributed by atoms with Crippen molar-refractivity contribution in [2.75, 3.05) is 13.1 Å². The van der Waals surface area contributed by atoms with E-state index < -0.39 is 11.4 Å². The number of carboxylic acid groups (broad SMARTS) is 1. The maximum atomic E-state index is 11.6. The first kappa shape index (κ1) is 12.2. The van der Waals surface area contributed by atoms with Gasteiger partial charge in [-0.25, -0.2) is 0 Å². The summed E-state index contributed by atoms with van der Waals surface area (Å²) in [4.78, 5) is 15.2. The topological polar surface area (TPSA) is 40.5 Å². The van der Waals surface area contributed by atoms with Crippen LogP contribution in [0.25, 0.3) is 0 Å². The van der Waals surface area contributed by atoms with E-state index in [4.69, 9.17) is 0 Å². The molecule has 4 heteroatoms. The van der Waals surface area contributed by atoms with E-state index in [1.54, 1.807) is 11.3 Å². The zero-order chi connectivity index (χ0) is 12.8. The van der Waals surface area contributed by atoms with Gasteiger partial charge in [0, 0.05) is 24.5 Å². The van der Waals surface area contributed by atoms with Crippen molar-refractivity contribution in [3.05, 3.63) is 21.9 Å². The van der Waals surface area contributed by atoms with Crippen LogP contribution in [0.3, 0.4) is 0 Å². The van der Waals surface area contributed by atoms with Crippen molar-refractivity contribution < 1.29 is 9.90 Å². The largest absolute Gasteiger partial charge is 0.481 e. The number of nitrogens with zero attached hydrogens (tertiary/aromatic N) is 1. The molecule has 1 N–H and O–H groups in total. The van der Waals surface area contributed by atoms with Gasteiger partial charge in [0.15, 0.2) is 0 Å². The summed E-state index contributed by atoms with van der Waals surface area (Å²) in [5.41, 5.74) is 0.892. The van der Waals surface area contributed by atoms with Crippen molar-refractivity contribution in [2.45, 2.75) is 32.7 Å². The molecule has 1 saturated heterocycles. The average Bonchev–Trinajstić information content (AvgIpc) is 2.93. The number of aryl methyl sites for hydroxylation is 1. The second kappa shape index (κ2) is 4.35. The first-order valence-corrected chi connectivity index (χ1v) is 7.48. The van der Waals surface area contributed by atoms with E-state index in [2.05, 4.69) is 23.3 Å². The van der Waals surface area contributed by atoms with Crippen LogP contribution in [0.5, 0.6) is 0 Å². The quantitative estimate of drug-likeness (QED) is 0.913. The fraction of sp³-hybridized carbons (Fsp3) is 0.643. The molecule has 0 amide bonds. The SMILES string of the molecule is Cc1cc(CN2C[C@@H]3CCC[C@@]3(C(=O)O)C2)cs1. The molecule has 2 atom stereocenters. The van der Waals surface area contributed by atoms with Crippen LogP contribution in [-0.4, -0.2) is 29.1 Å². The zero-order valence-corrected chi connectivity index (χ0v) is 11.5. The summed E-state index contributed by atoms with van der Waals surface area (Å²) in [5.74, 6) is -0.205. The minimum atomic E-state index is -0.575. The fourth-order valence-electron chi connectivity index (χ4n) is 3.70. The van der Waals surface area contributed by atoms with Gasteiger partial charge in [-0.05, 0) is 42.7 Å². The van der Waals surface area contributed by atoms with E-state index >= 15 is 0 Å². The third kappa shape index (κ3) is 1.88. The van der Waals surface area contributed by atoms with E-state index in [9.17, 15) is 9.90 Å². The lowest BCUT2D eigenvalue weighted by Crippen LogP contribution is -2.35. The number of carboxylic acids is 1. The highest BCUT2D eigenvalue weighted by Crippen LogP contribution is 2.49. The lowest BCUT2D eigenvalue weighted by molar-refractivity contribution is -0.149. The molecule has 1 saturated carbocycles. The first-order chi connectivity index (χ1) is 8.60. The van der Waals surface area contributed by atoms with Gasteiger partial charge in [-0.15, -0.1) is 11.3 Å². The van der Waals surface area contributed by atoms with Crippen LogP contribution in [0.15, 0.2) is 11.4 Å². The van der Waals surface area contributed by atoms with Crippen molar-refractivity contribution in [1.82, 2.24) is 4.90 Å². The highest BCUT2D eigenvalue weighted by molar-refractivity contribution is 7.10. The van der Waals surface area contributed by atoms with Crippen LogP contribution in [0.2, 0.25) is 0 Å². The number of rotatable bonds is 3. The Bertz CT molecular complexity index is 470. The minimum absolute atomic E-state index is 0.370. The highest BCUT2D eigenvalue weighted by atomic mass is 32.1. The predicted octanol–water partition coefficient (Wildman–Crippen LogP) is 2.74. The molecule has 2 aliphatic rings. The summed E-state index contributed by atoms with van der Waals surface area (Å²) in [6.07, 6.45) is 3.04. The summed E-state index contributed by atoms with van der Waals surface area (Å²) in [6, 6.07) is 2.21. The van der Waals surface area contributed by atoms with Gasteiger partial charge in [0.25, 0.3) is 0 Å². The van der Waals surface area contributed by atoms with Gasteiger partial charge < -0.3 is 5.11 Å². The van der Waals surface area contributed by atoms with E-state index in [1.807, 2.05) is 0 Å². The van der Waals surface area contributed by atoms with Gasteiger partial charge in [-0.2, -0.15) is 0 Å². The molecule has 3 rings (SSSR count). The summed E-state index contributed by atoms with van der Waals surface area (Å²) in [5, 5.41) is 11.7. The molecule has 0 bridgehead atoms. The molecule has 1 aromatic rings. The van der Waals surface area contributed by atoms with Gasteiger partial charge in [-0.3, -0.25) is 9.69 Å². The zero-order valence-electron chi connectivity index (χ0n) is 10.7. The molecule has 2 fully saturated rings.